The fourth-order valence-corrected chi connectivity index (χ4v) is 2.18. The first-order valence-corrected chi connectivity index (χ1v) is 7.04. The lowest BCUT2D eigenvalue weighted by Crippen LogP contribution is -2.43. The van der Waals surface area contributed by atoms with E-state index in [9.17, 15) is 9.59 Å². The summed E-state index contributed by atoms with van der Waals surface area (Å²) >= 11 is 0. The maximum absolute atomic E-state index is 12.2. The first kappa shape index (κ1) is 16.8. The number of rotatable bonds is 2. The van der Waals surface area contributed by atoms with Crippen LogP contribution >= 0.6 is 0 Å². The van der Waals surface area contributed by atoms with Crippen molar-refractivity contribution in [3.05, 3.63) is 0 Å². The van der Waals surface area contributed by atoms with E-state index in [1.54, 1.807) is 11.9 Å². The lowest BCUT2D eigenvalue weighted by molar-refractivity contribution is -0.173. The van der Waals surface area contributed by atoms with Gasteiger partial charge in [-0.15, -0.1) is 0 Å². The van der Waals surface area contributed by atoms with Gasteiger partial charge in [0.15, 0.2) is 0 Å². The highest BCUT2D eigenvalue weighted by Gasteiger charge is 2.31. The SMILES string of the molecule is CON(C)C(=O)C1CCCCN(C(=O)OC(C)(C)C)C1. The van der Waals surface area contributed by atoms with E-state index in [-0.39, 0.29) is 17.9 Å². The zero-order valence-electron chi connectivity index (χ0n) is 13.1. The minimum atomic E-state index is -0.522. The third-order valence-electron chi connectivity index (χ3n) is 3.26. The molecule has 2 amide bonds. The maximum Gasteiger partial charge on any atom is 0.410 e. The molecule has 1 rings (SSSR count). The number of amides is 2. The van der Waals surface area contributed by atoms with Crippen LogP contribution in [0.25, 0.3) is 0 Å². The summed E-state index contributed by atoms with van der Waals surface area (Å²) in [6.07, 6.45) is 2.23. The Morgan fingerprint density at radius 1 is 1.25 bits per heavy atom. The van der Waals surface area contributed by atoms with Gasteiger partial charge in [-0.1, -0.05) is 6.42 Å². The van der Waals surface area contributed by atoms with Crippen molar-refractivity contribution in [2.45, 2.75) is 45.6 Å². The molecule has 6 heteroatoms. The predicted molar refractivity (Wildman–Crippen MR) is 74.9 cm³/mol. The molecule has 0 saturated carbocycles. The Morgan fingerprint density at radius 3 is 2.45 bits per heavy atom. The van der Waals surface area contributed by atoms with E-state index in [0.717, 1.165) is 19.3 Å². The molecule has 20 heavy (non-hydrogen) atoms. The van der Waals surface area contributed by atoms with Crippen molar-refractivity contribution in [1.82, 2.24) is 9.96 Å². The third kappa shape index (κ3) is 5.00. The Balaban J connectivity index is 2.69. The van der Waals surface area contributed by atoms with Crippen molar-refractivity contribution < 1.29 is 19.2 Å². The number of carbonyl (C=O) groups excluding carboxylic acids is 2. The van der Waals surface area contributed by atoms with Gasteiger partial charge in [0.25, 0.3) is 5.91 Å². The zero-order chi connectivity index (χ0) is 15.3. The van der Waals surface area contributed by atoms with Crippen LogP contribution in [0, 0.1) is 5.92 Å². The first-order valence-electron chi connectivity index (χ1n) is 7.04. The van der Waals surface area contributed by atoms with Crippen LogP contribution in [0.3, 0.4) is 0 Å². The van der Waals surface area contributed by atoms with Gasteiger partial charge < -0.3 is 9.64 Å². The summed E-state index contributed by atoms with van der Waals surface area (Å²) < 4.78 is 5.38. The van der Waals surface area contributed by atoms with Crippen LogP contribution < -0.4 is 0 Å². The first-order chi connectivity index (χ1) is 9.24. The standard InChI is InChI=1S/C14H26N2O4/c1-14(2,3)20-13(18)16-9-7-6-8-11(10-16)12(17)15(4)19-5/h11H,6-10H2,1-5H3. The molecule has 1 saturated heterocycles. The molecule has 1 unspecified atom stereocenters. The molecule has 0 radical (unpaired) electrons. The average Bonchev–Trinajstić information content (AvgIpc) is 2.60. The minimum Gasteiger partial charge on any atom is -0.444 e. The molecule has 0 aliphatic carbocycles. The van der Waals surface area contributed by atoms with Crippen molar-refractivity contribution in [3.8, 4) is 0 Å². The van der Waals surface area contributed by atoms with E-state index in [1.807, 2.05) is 20.8 Å². The zero-order valence-corrected chi connectivity index (χ0v) is 13.1. The molecule has 1 aliphatic rings. The van der Waals surface area contributed by atoms with E-state index >= 15 is 0 Å². The molecule has 0 aromatic heterocycles. The number of likely N-dealkylation sites (tertiary alicyclic amines) is 1. The molecule has 0 bridgehead atoms. The second kappa shape index (κ2) is 6.92. The van der Waals surface area contributed by atoms with Crippen LogP contribution in [0.2, 0.25) is 0 Å². The van der Waals surface area contributed by atoms with Crippen LogP contribution in [0.4, 0.5) is 4.79 Å². The molecule has 0 N–H and O–H groups in total. The highest BCUT2D eigenvalue weighted by Crippen LogP contribution is 2.20. The van der Waals surface area contributed by atoms with Crippen LogP contribution in [0.15, 0.2) is 0 Å². The van der Waals surface area contributed by atoms with Gasteiger partial charge >= 0.3 is 6.09 Å². The average molecular weight is 286 g/mol. The van der Waals surface area contributed by atoms with Crippen molar-refractivity contribution in [2.75, 3.05) is 27.2 Å². The van der Waals surface area contributed by atoms with E-state index in [4.69, 9.17) is 9.57 Å². The number of hydrogen-bond acceptors (Lipinski definition) is 4. The van der Waals surface area contributed by atoms with Gasteiger partial charge in [0.1, 0.15) is 5.60 Å². The number of carbonyl (C=O) groups is 2. The summed E-state index contributed by atoms with van der Waals surface area (Å²) in [7, 11) is 3.05. The van der Waals surface area contributed by atoms with Crippen molar-refractivity contribution in [1.29, 1.82) is 0 Å². The fraction of sp³-hybridized carbons (Fsp3) is 0.857. The quantitative estimate of drug-likeness (QED) is 0.729. The summed E-state index contributed by atoms with van der Waals surface area (Å²) in [4.78, 5) is 30.8. The molecular formula is C14H26N2O4. The Bertz CT molecular complexity index is 352. The van der Waals surface area contributed by atoms with Crippen molar-refractivity contribution >= 4 is 12.0 Å². The minimum absolute atomic E-state index is 0.0945. The molecule has 1 atom stereocenters. The maximum atomic E-state index is 12.2. The highest BCUT2D eigenvalue weighted by molar-refractivity contribution is 5.78. The van der Waals surface area contributed by atoms with Gasteiger partial charge in [0.05, 0.1) is 13.0 Å². The van der Waals surface area contributed by atoms with Crippen LogP contribution in [-0.2, 0) is 14.4 Å². The molecular weight excluding hydrogens is 260 g/mol. The highest BCUT2D eigenvalue weighted by atomic mass is 16.7. The van der Waals surface area contributed by atoms with Crippen molar-refractivity contribution in [2.24, 2.45) is 5.92 Å². The van der Waals surface area contributed by atoms with Gasteiger partial charge in [0.2, 0.25) is 0 Å². The van der Waals surface area contributed by atoms with Crippen molar-refractivity contribution in [3.63, 3.8) is 0 Å². The number of ether oxygens (including phenoxy) is 1. The summed E-state index contributed by atoms with van der Waals surface area (Å²) in [5, 5.41) is 1.23. The molecule has 116 valence electrons. The third-order valence-corrected chi connectivity index (χ3v) is 3.26. The smallest absolute Gasteiger partial charge is 0.410 e. The Kier molecular flexibility index (Phi) is 5.80. The summed E-state index contributed by atoms with van der Waals surface area (Å²) in [5.41, 5.74) is -0.522. The number of nitrogens with zero attached hydrogens (tertiary/aromatic N) is 2. The molecule has 1 heterocycles. The summed E-state index contributed by atoms with van der Waals surface area (Å²) in [6.45, 7) is 6.54. The molecule has 0 spiro atoms. The van der Waals surface area contributed by atoms with Crippen LogP contribution in [0.1, 0.15) is 40.0 Å². The van der Waals surface area contributed by atoms with E-state index in [1.165, 1.54) is 12.2 Å². The van der Waals surface area contributed by atoms with E-state index < -0.39 is 5.60 Å². The van der Waals surface area contributed by atoms with Crippen LogP contribution in [-0.4, -0.2) is 54.8 Å². The molecule has 0 aromatic carbocycles. The summed E-state index contributed by atoms with van der Waals surface area (Å²) in [6, 6.07) is 0. The predicted octanol–water partition coefficient (Wildman–Crippen LogP) is 2.04. The topological polar surface area (TPSA) is 59.1 Å². The lowest BCUT2D eigenvalue weighted by Gasteiger charge is -2.28. The van der Waals surface area contributed by atoms with Gasteiger partial charge in [-0.05, 0) is 33.6 Å². The normalized spacial score (nSPS) is 20.2. The number of hydrogen-bond donors (Lipinski definition) is 0. The second-order valence-corrected chi connectivity index (χ2v) is 6.14. The van der Waals surface area contributed by atoms with Gasteiger partial charge in [-0.25, -0.2) is 9.86 Å². The second-order valence-electron chi connectivity index (χ2n) is 6.14. The molecule has 1 fully saturated rings. The monoisotopic (exact) mass is 286 g/mol. The molecule has 0 aromatic rings. The fourth-order valence-electron chi connectivity index (χ4n) is 2.18. The van der Waals surface area contributed by atoms with E-state index in [0.29, 0.717) is 13.1 Å². The molecule has 6 nitrogen and oxygen atoms in total. The summed E-state index contributed by atoms with van der Waals surface area (Å²) in [5.74, 6) is -0.321. The Morgan fingerprint density at radius 2 is 1.90 bits per heavy atom. The van der Waals surface area contributed by atoms with Gasteiger partial charge in [-0.2, -0.15) is 0 Å². The van der Waals surface area contributed by atoms with Gasteiger partial charge in [0, 0.05) is 20.1 Å². The van der Waals surface area contributed by atoms with Gasteiger partial charge in [-0.3, -0.25) is 9.63 Å². The largest absolute Gasteiger partial charge is 0.444 e. The Labute approximate surface area is 121 Å². The number of hydroxylamine groups is 2. The van der Waals surface area contributed by atoms with E-state index in [2.05, 4.69) is 0 Å². The Hall–Kier alpha value is -1.30. The lowest BCUT2D eigenvalue weighted by atomic mass is 10.0. The van der Waals surface area contributed by atoms with Crippen LogP contribution in [0.5, 0.6) is 0 Å². The molecule has 1 aliphatic heterocycles.